The molecule has 2 aromatic rings. The van der Waals surface area contributed by atoms with E-state index < -0.39 is 0 Å². The predicted molar refractivity (Wildman–Crippen MR) is 74.2 cm³/mol. The Morgan fingerprint density at radius 3 is 2.47 bits per heavy atom. The Bertz CT molecular complexity index is 485. The highest BCUT2D eigenvalue weighted by Crippen LogP contribution is 2.27. The second kappa shape index (κ2) is 5.43. The first-order valence-electron chi connectivity index (χ1n) is 6.00. The smallest absolute Gasteiger partial charge is 0.123 e. The summed E-state index contributed by atoms with van der Waals surface area (Å²) in [6, 6.07) is 8.70. The van der Waals surface area contributed by atoms with Crippen molar-refractivity contribution in [3.05, 3.63) is 40.4 Å². The van der Waals surface area contributed by atoms with E-state index in [0.717, 1.165) is 17.1 Å². The quantitative estimate of drug-likeness (QED) is 0.896. The van der Waals surface area contributed by atoms with Crippen LogP contribution in [0.1, 0.15) is 29.5 Å². The molecule has 1 aromatic carbocycles. The maximum Gasteiger partial charge on any atom is 0.123 e. The lowest BCUT2D eigenvalue weighted by Crippen LogP contribution is -1.94. The van der Waals surface area contributed by atoms with Gasteiger partial charge in [0.25, 0.3) is 0 Å². The van der Waals surface area contributed by atoms with Crippen LogP contribution in [0.2, 0.25) is 0 Å². The van der Waals surface area contributed by atoms with Crippen molar-refractivity contribution in [3.8, 4) is 10.6 Å². The van der Waals surface area contributed by atoms with E-state index in [1.165, 1.54) is 22.4 Å². The molecule has 17 heavy (non-hydrogen) atoms. The third-order valence-electron chi connectivity index (χ3n) is 2.82. The van der Waals surface area contributed by atoms with Crippen LogP contribution in [0.4, 0.5) is 0 Å². The van der Waals surface area contributed by atoms with E-state index in [1.807, 2.05) is 6.92 Å². The molecule has 1 aromatic heterocycles. The number of aromatic nitrogens is 1. The summed E-state index contributed by atoms with van der Waals surface area (Å²) in [5, 5.41) is 1.07. The normalized spacial score (nSPS) is 10.8. The number of rotatable bonds is 4. The van der Waals surface area contributed by atoms with E-state index in [1.54, 1.807) is 11.3 Å². The summed E-state index contributed by atoms with van der Waals surface area (Å²) < 4.78 is 0. The van der Waals surface area contributed by atoms with Crippen LogP contribution in [-0.2, 0) is 13.0 Å². The lowest BCUT2D eigenvalue weighted by atomic mass is 10.1. The fourth-order valence-electron chi connectivity index (χ4n) is 1.84. The van der Waals surface area contributed by atoms with E-state index in [2.05, 4.69) is 36.2 Å². The second-order valence-electron chi connectivity index (χ2n) is 4.18. The number of hydrogen-bond donors (Lipinski definition) is 1. The molecule has 3 heteroatoms. The summed E-state index contributed by atoms with van der Waals surface area (Å²) in [6.07, 6.45) is 2.33. The van der Waals surface area contributed by atoms with Crippen LogP contribution in [0.3, 0.4) is 0 Å². The van der Waals surface area contributed by atoms with E-state index in [0.29, 0.717) is 6.54 Å². The Morgan fingerprint density at radius 2 is 1.94 bits per heavy atom. The van der Waals surface area contributed by atoms with Crippen LogP contribution in [0, 0.1) is 6.92 Å². The molecule has 0 fully saturated rings. The molecule has 2 rings (SSSR count). The monoisotopic (exact) mass is 246 g/mol. The molecule has 0 aliphatic heterocycles. The summed E-state index contributed by atoms with van der Waals surface area (Å²) in [4.78, 5) is 5.74. The Hall–Kier alpha value is -1.19. The summed E-state index contributed by atoms with van der Waals surface area (Å²) in [5.41, 5.74) is 9.32. The zero-order chi connectivity index (χ0) is 12.3. The summed E-state index contributed by atoms with van der Waals surface area (Å²) >= 11 is 1.70. The third kappa shape index (κ3) is 2.73. The Balaban J connectivity index is 2.26. The second-order valence-corrected chi connectivity index (χ2v) is 5.26. The first-order chi connectivity index (χ1) is 8.24. The van der Waals surface area contributed by atoms with Gasteiger partial charge in [0.2, 0.25) is 0 Å². The van der Waals surface area contributed by atoms with Crippen molar-refractivity contribution in [1.82, 2.24) is 4.98 Å². The lowest BCUT2D eigenvalue weighted by Gasteiger charge is -2.00. The van der Waals surface area contributed by atoms with Crippen LogP contribution in [0.15, 0.2) is 24.3 Å². The van der Waals surface area contributed by atoms with E-state index in [4.69, 9.17) is 5.73 Å². The first-order valence-corrected chi connectivity index (χ1v) is 6.82. The van der Waals surface area contributed by atoms with Crippen LogP contribution in [0.5, 0.6) is 0 Å². The van der Waals surface area contributed by atoms with Crippen molar-refractivity contribution < 1.29 is 0 Å². The van der Waals surface area contributed by atoms with Gasteiger partial charge in [0, 0.05) is 17.0 Å². The van der Waals surface area contributed by atoms with Crippen molar-refractivity contribution in [1.29, 1.82) is 0 Å². The summed E-state index contributed by atoms with van der Waals surface area (Å²) in [6.45, 7) is 4.80. The average Bonchev–Trinajstić information content (AvgIpc) is 2.72. The topological polar surface area (TPSA) is 38.9 Å². The fourth-order valence-corrected chi connectivity index (χ4v) is 2.79. The van der Waals surface area contributed by atoms with Gasteiger partial charge in [-0.1, -0.05) is 37.6 Å². The molecule has 0 spiro atoms. The molecule has 2 nitrogen and oxygen atoms in total. The molecule has 2 N–H and O–H groups in total. The number of aryl methyl sites for hydroxylation is 2. The highest BCUT2D eigenvalue weighted by molar-refractivity contribution is 7.15. The molecule has 0 bridgehead atoms. The van der Waals surface area contributed by atoms with Gasteiger partial charge in [0.05, 0.1) is 5.69 Å². The largest absolute Gasteiger partial charge is 0.326 e. The molecule has 0 unspecified atom stereocenters. The summed E-state index contributed by atoms with van der Waals surface area (Å²) in [5.74, 6) is 0. The number of nitrogens with two attached hydrogens (primary N) is 1. The van der Waals surface area contributed by atoms with Crippen LogP contribution in [0.25, 0.3) is 10.6 Å². The lowest BCUT2D eigenvalue weighted by molar-refractivity contribution is 0.922. The first kappa shape index (κ1) is 12.3. The maximum atomic E-state index is 5.68. The van der Waals surface area contributed by atoms with Gasteiger partial charge in [-0.15, -0.1) is 11.3 Å². The SMILES string of the molecule is CCCc1ccc(-c2nc(C)c(CN)s2)cc1. The Labute approximate surface area is 107 Å². The van der Waals surface area contributed by atoms with Gasteiger partial charge >= 0.3 is 0 Å². The number of nitrogens with zero attached hydrogens (tertiary/aromatic N) is 1. The summed E-state index contributed by atoms with van der Waals surface area (Å²) in [7, 11) is 0. The van der Waals surface area contributed by atoms with E-state index in [9.17, 15) is 0 Å². The molecule has 1 heterocycles. The van der Waals surface area contributed by atoms with Crippen LogP contribution in [-0.4, -0.2) is 4.98 Å². The zero-order valence-corrected chi connectivity index (χ0v) is 11.2. The van der Waals surface area contributed by atoms with Gasteiger partial charge in [-0.3, -0.25) is 0 Å². The molecule has 0 aliphatic rings. The van der Waals surface area contributed by atoms with Gasteiger partial charge in [0.15, 0.2) is 0 Å². The zero-order valence-electron chi connectivity index (χ0n) is 10.4. The minimum atomic E-state index is 0.581. The molecule has 0 saturated heterocycles. The molecule has 0 saturated carbocycles. The molecule has 90 valence electrons. The highest BCUT2D eigenvalue weighted by Gasteiger charge is 2.07. The minimum absolute atomic E-state index is 0.581. The molecule has 0 amide bonds. The molecular formula is C14H18N2S. The van der Waals surface area contributed by atoms with Gasteiger partial charge in [-0.25, -0.2) is 4.98 Å². The van der Waals surface area contributed by atoms with Crippen LogP contribution < -0.4 is 5.73 Å². The van der Waals surface area contributed by atoms with Gasteiger partial charge in [-0.05, 0) is 18.9 Å². The van der Waals surface area contributed by atoms with Gasteiger partial charge < -0.3 is 5.73 Å². The minimum Gasteiger partial charge on any atom is -0.326 e. The molecule has 0 atom stereocenters. The van der Waals surface area contributed by atoms with Crippen LogP contribution >= 0.6 is 11.3 Å². The fraction of sp³-hybridized carbons (Fsp3) is 0.357. The predicted octanol–water partition coefficient (Wildman–Crippen LogP) is 3.53. The van der Waals surface area contributed by atoms with Gasteiger partial charge in [-0.2, -0.15) is 0 Å². The van der Waals surface area contributed by atoms with Crippen molar-refractivity contribution in [2.24, 2.45) is 5.73 Å². The van der Waals surface area contributed by atoms with Crippen molar-refractivity contribution >= 4 is 11.3 Å². The molecular weight excluding hydrogens is 228 g/mol. The molecule has 0 radical (unpaired) electrons. The third-order valence-corrected chi connectivity index (χ3v) is 4.05. The van der Waals surface area contributed by atoms with E-state index in [-0.39, 0.29) is 0 Å². The average molecular weight is 246 g/mol. The number of hydrogen-bond acceptors (Lipinski definition) is 3. The number of thiazole rings is 1. The van der Waals surface area contributed by atoms with Crippen molar-refractivity contribution in [2.45, 2.75) is 33.2 Å². The van der Waals surface area contributed by atoms with E-state index >= 15 is 0 Å². The molecule has 0 aliphatic carbocycles. The Morgan fingerprint density at radius 1 is 1.24 bits per heavy atom. The van der Waals surface area contributed by atoms with Crippen molar-refractivity contribution in [2.75, 3.05) is 0 Å². The number of benzene rings is 1. The Kier molecular flexibility index (Phi) is 3.92. The maximum absolute atomic E-state index is 5.68. The standard InChI is InChI=1S/C14H18N2S/c1-3-4-11-5-7-12(8-6-11)14-16-10(2)13(9-15)17-14/h5-8H,3-4,9,15H2,1-2H3. The van der Waals surface area contributed by atoms with Gasteiger partial charge in [0.1, 0.15) is 5.01 Å². The highest BCUT2D eigenvalue weighted by atomic mass is 32.1. The van der Waals surface area contributed by atoms with Crippen molar-refractivity contribution in [3.63, 3.8) is 0 Å².